The van der Waals surface area contributed by atoms with Crippen molar-refractivity contribution in [3.8, 4) is 11.5 Å². The molecule has 0 aromatic heterocycles. The number of amides is 2. The van der Waals surface area contributed by atoms with Crippen molar-refractivity contribution < 1.29 is 29.0 Å². The van der Waals surface area contributed by atoms with E-state index in [0.717, 1.165) is 35.1 Å². The molecule has 1 saturated carbocycles. The minimum Gasteiger partial charge on any atom is -0.490 e. The summed E-state index contributed by atoms with van der Waals surface area (Å²) < 4.78 is 12.6. The summed E-state index contributed by atoms with van der Waals surface area (Å²) in [7, 11) is 0. The fourth-order valence-electron chi connectivity index (χ4n) is 6.19. The Labute approximate surface area is 280 Å². The van der Waals surface area contributed by atoms with Crippen LogP contribution in [0.25, 0.3) is 0 Å². The average molecular weight is 694 g/mol. The molecule has 4 rings (SSSR count). The maximum absolute atomic E-state index is 14.3. The van der Waals surface area contributed by atoms with E-state index >= 15 is 0 Å². The second kappa shape index (κ2) is 14.8. The molecule has 0 spiro atoms. The predicted octanol–water partition coefficient (Wildman–Crippen LogP) is 7.58. The highest BCUT2D eigenvalue weighted by atomic mass is 79.9. The molecule has 9 heteroatoms. The van der Waals surface area contributed by atoms with Crippen LogP contribution in [0.15, 0.2) is 53.0 Å². The van der Waals surface area contributed by atoms with Crippen molar-refractivity contribution in [3.05, 3.63) is 80.8 Å². The van der Waals surface area contributed by atoms with Crippen molar-refractivity contribution in [1.82, 2.24) is 0 Å². The highest BCUT2D eigenvalue weighted by molar-refractivity contribution is 9.10. The number of nitrogens with one attached hydrogen (secondary N) is 2. The number of carbonyl (C=O) groups is 3. The van der Waals surface area contributed by atoms with Gasteiger partial charge in [0.1, 0.15) is 11.7 Å². The fraction of sp³-hybridized carbons (Fsp3) is 0.432. The second-order valence-corrected chi connectivity index (χ2v) is 13.3. The number of carbonyl (C=O) groups excluding carboxylic acids is 3. The number of ketones is 1. The lowest BCUT2D eigenvalue weighted by molar-refractivity contribution is -0.150. The molecule has 3 aromatic rings. The van der Waals surface area contributed by atoms with Gasteiger partial charge in [0.2, 0.25) is 11.8 Å². The zero-order chi connectivity index (χ0) is 33.8. The first-order valence-electron chi connectivity index (χ1n) is 15.9. The van der Waals surface area contributed by atoms with Gasteiger partial charge in [-0.15, -0.1) is 0 Å². The van der Waals surface area contributed by atoms with E-state index in [1.807, 2.05) is 58.9 Å². The third-order valence-corrected chi connectivity index (χ3v) is 9.61. The highest BCUT2D eigenvalue weighted by Gasteiger charge is 2.56. The molecule has 0 saturated heterocycles. The van der Waals surface area contributed by atoms with Crippen molar-refractivity contribution in [2.24, 2.45) is 11.8 Å². The smallest absolute Gasteiger partial charge is 0.235 e. The summed E-state index contributed by atoms with van der Waals surface area (Å²) in [5.41, 5.74) is 3.67. The van der Waals surface area contributed by atoms with Crippen molar-refractivity contribution >= 4 is 44.9 Å². The molecule has 1 aliphatic carbocycles. The number of hydrogen-bond acceptors (Lipinski definition) is 6. The van der Waals surface area contributed by atoms with Crippen LogP contribution in [0.4, 0.5) is 11.4 Å². The summed E-state index contributed by atoms with van der Waals surface area (Å²) in [4.78, 5) is 42.4. The normalized spacial score (nSPS) is 21.1. The molecular formula is C37H45BrN2O6. The van der Waals surface area contributed by atoms with E-state index < -0.39 is 41.0 Å². The number of Topliss-reactive ketones (excluding diaryl/α,β-unsaturated/α-hetero) is 1. The predicted molar refractivity (Wildman–Crippen MR) is 185 cm³/mol. The summed E-state index contributed by atoms with van der Waals surface area (Å²) in [5.74, 6) is -4.05. The summed E-state index contributed by atoms with van der Waals surface area (Å²) in [6.07, 6.45) is 1.44. The Morgan fingerprint density at radius 3 is 2.09 bits per heavy atom. The van der Waals surface area contributed by atoms with Crippen LogP contribution in [0.1, 0.15) is 73.8 Å². The quantitative estimate of drug-likeness (QED) is 0.141. The van der Waals surface area contributed by atoms with Gasteiger partial charge in [0, 0.05) is 23.7 Å². The van der Waals surface area contributed by atoms with Crippen LogP contribution in [0.3, 0.4) is 0 Å². The minimum atomic E-state index is -1.76. The van der Waals surface area contributed by atoms with Crippen LogP contribution in [-0.2, 0) is 14.4 Å². The number of anilines is 2. The summed E-state index contributed by atoms with van der Waals surface area (Å²) in [6.45, 7) is 13.9. The van der Waals surface area contributed by atoms with E-state index in [0.29, 0.717) is 46.1 Å². The maximum atomic E-state index is 14.3. The number of halogens is 1. The minimum absolute atomic E-state index is 0.342. The van der Waals surface area contributed by atoms with Gasteiger partial charge in [0.25, 0.3) is 0 Å². The Bertz CT molecular complexity index is 1620. The Morgan fingerprint density at radius 1 is 0.935 bits per heavy atom. The maximum Gasteiger partial charge on any atom is 0.235 e. The van der Waals surface area contributed by atoms with Gasteiger partial charge in [-0.25, -0.2) is 0 Å². The van der Waals surface area contributed by atoms with Crippen LogP contribution in [0.2, 0.25) is 0 Å². The van der Waals surface area contributed by atoms with Gasteiger partial charge in [-0.05, 0) is 116 Å². The van der Waals surface area contributed by atoms with E-state index in [1.54, 1.807) is 24.3 Å². The van der Waals surface area contributed by atoms with Crippen molar-refractivity contribution in [2.45, 2.75) is 79.2 Å². The molecule has 46 heavy (non-hydrogen) atoms. The molecule has 3 aromatic carbocycles. The van der Waals surface area contributed by atoms with Gasteiger partial charge in [0.05, 0.1) is 29.2 Å². The van der Waals surface area contributed by atoms with Crippen LogP contribution in [0, 0.1) is 39.5 Å². The van der Waals surface area contributed by atoms with Gasteiger partial charge in [-0.3, -0.25) is 14.4 Å². The Hall–Kier alpha value is -3.69. The number of hydrogen-bond donors (Lipinski definition) is 3. The molecule has 4 unspecified atom stereocenters. The lowest BCUT2D eigenvalue weighted by Crippen LogP contribution is -2.56. The standard InChI is InChI=1S/C37H45BrN2O6/c1-8-10-17-46-34-26(38)18-25(19-30(34)45-9-2)31-32(35(42)39-27-15-11-13-21(3)23(27)5)29(41)20-37(7,44)33(31)36(43)40-28-16-12-14-22(4)24(28)6/h11-16,18-19,31-33,44H,8-10,17,20H2,1-7H3,(H,39,42)(H,40,43). The van der Waals surface area contributed by atoms with Crippen LogP contribution < -0.4 is 20.1 Å². The van der Waals surface area contributed by atoms with Gasteiger partial charge in [-0.1, -0.05) is 37.6 Å². The first-order valence-corrected chi connectivity index (χ1v) is 16.7. The van der Waals surface area contributed by atoms with Crippen LogP contribution >= 0.6 is 15.9 Å². The first kappa shape index (κ1) is 35.2. The van der Waals surface area contributed by atoms with E-state index in [4.69, 9.17) is 9.47 Å². The molecule has 1 fully saturated rings. The first-order chi connectivity index (χ1) is 21.8. The molecule has 2 amide bonds. The largest absolute Gasteiger partial charge is 0.490 e. The number of rotatable bonds is 11. The molecule has 1 aliphatic rings. The number of ether oxygens (including phenoxy) is 2. The average Bonchev–Trinajstić information content (AvgIpc) is 2.98. The van der Waals surface area contributed by atoms with Crippen molar-refractivity contribution in [2.75, 3.05) is 23.8 Å². The van der Waals surface area contributed by atoms with Gasteiger partial charge in [0.15, 0.2) is 11.5 Å². The molecule has 0 heterocycles. The molecule has 0 aliphatic heterocycles. The lowest BCUT2D eigenvalue weighted by atomic mass is 9.61. The number of benzene rings is 3. The number of unbranched alkanes of at least 4 members (excludes halogenated alkanes) is 1. The molecule has 8 nitrogen and oxygen atoms in total. The second-order valence-electron chi connectivity index (χ2n) is 12.4. The molecule has 0 radical (unpaired) electrons. The Kier molecular flexibility index (Phi) is 11.3. The van der Waals surface area contributed by atoms with E-state index in [-0.39, 0.29) is 6.42 Å². The molecular weight excluding hydrogens is 648 g/mol. The van der Waals surface area contributed by atoms with Crippen molar-refractivity contribution in [1.29, 1.82) is 0 Å². The molecule has 4 atom stereocenters. The van der Waals surface area contributed by atoms with E-state index in [9.17, 15) is 19.5 Å². The van der Waals surface area contributed by atoms with E-state index in [2.05, 4.69) is 33.5 Å². The SMILES string of the molecule is CCCCOc1c(Br)cc(C2C(C(=O)Nc3cccc(C)c3C)C(=O)CC(C)(O)C2C(=O)Nc2cccc(C)c2C)cc1OCC. The third-order valence-electron chi connectivity index (χ3n) is 9.02. The van der Waals surface area contributed by atoms with Gasteiger partial charge >= 0.3 is 0 Å². The lowest BCUT2D eigenvalue weighted by Gasteiger charge is -2.44. The van der Waals surface area contributed by atoms with Gasteiger partial charge < -0.3 is 25.2 Å². The third kappa shape index (κ3) is 7.47. The molecule has 3 N–H and O–H groups in total. The summed E-state index contributed by atoms with van der Waals surface area (Å²) >= 11 is 3.63. The number of aliphatic hydroxyl groups is 1. The zero-order valence-corrected chi connectivity index (χ0v) is 29.3. The zero-order valence-electron chi connectivity index (χ0n) is 27.8. The Balaban J connectivity index is 1.88. The van der Waals surface area contributed by atoms with Crippen LogP contribution in [-0.4, -0.2) is 41.5 Å². The van der Waals surface area contributed by atoms with E-state index in [1.165, 1.54) is 6.92 Å². The number of aryl methyl sites for hydroxylation is 2. The monoisotopic (exact) mass is 692 g/mol. The topological polar surface area (TPSA) is 114 Å². The van der Waals surface area contributed by atoms with Crippen molar-refractivity contribution in [3.63, 3.8) is 0 Å². The molecule has 0 bridgehead atoms. The van der Waals surface area contributed by atoms with Crippen LogP contribution in [0.5, 0.6) is 11.5 Å². The molecule has 246 valence electrons. The fourth-order valence-corrected chi connectivity index (χ4v) is 6.76. The van der Waals surface area contributed by atoms with Gasteiger partial charge in [-0.2, -0.15) is 0 Å². The summed E-state index contributed by atoms with van der Waals surface area (Å²) in [6, 6.07) is 14.7. The Morgan fingerprint density at radius 2 is 1.52 bits per heavy atom. The highest BCUT2D eigenvalue weighted by Crippen LogP contribution is 2.49. The summed E-state index contributed by atoms with van der Waals surface area (Å²) in [5, 5.41) is 17.8.